The second-order valence-corrected chi connectivity index (χ2v) is 4.78. The Labute approximate surface area is 110 Å². The van der Waals surface area contributed by atoms with Crippen molar-refractivity contribution in [3.63, 3.8) is 0 Å². The summed E-state index contributed by atoms with van der Waals surface area (Å²) < 4.78 is 6.44. The maximum absolute atomic E-state index is 5.66. The lowest BCUT2D eigenvalue weighted by Gasteiger charge is -2.15. The number of hydrogen-bond donors (Lipinski definition) is 1. The Bertz CT molecular complexity index is 368. The molecule has 0 aromatic carbocycles. The molecule has 1 N–H and O–H groups in total. The fourth-order valence-corrected chi connectivity index (χ4v) is 2.42. The number of ether oxygens (including phenoxy) is 1. The van der Waals surface area contributed by atoms with E-state index in [-0.39, 0.29) is 0 Å². The van der Waals surface area contributed by atoms with Crippen molar-refractivity contribution in [2.45, 2.75) is 12.8 Å². The van der Waals surface area contributed by atoms with Gasteiger partial charge in [-0.05, 0) is 41.9 Å². The molecule has 2 rings (SSSR count). The average molecular weight is 301 g/mol. The summed E-state index contributed by atoms with van der Waals surface area (Å²) in [6.07, 6.45) is 4.12. The molecule has 94 valence electrons. The lowest BCUT2D eigenvalue weighted by molar-refractivity contribution is 0.231. The molecule has 0 unspecified atom stereocenters. The van der Waals surface area contributed by atoms with Crippen LogP contribution in [0, 0.1) is 0 Å². The van der Waals surface area contributed by atoms with E-state index < -0.39 is 0 Å². The smallest absolute Gasteiger partial charge is 0.233 e. The van der Waals surface area contributed by atoms with E-state index in [1.165, 1.54) is 32.3 Å². The number of aromatic nitrogens is 2. The quantitative estimate of drug-likeness (QED) is 0.898. The van der Waals surface area contributed by atoms with Crippen LogP contribution < -0.4 is 10.1 Å². The van der Waals surface area contributed by atoms with Gasteiger partial charge in [0.1, 0.15) is 23.2 Å². The molecule has 0 atom stereocenters. The number of rotatable bonds is 5. The van der Waals surface area contributed by atoms with Crippen molar-refractivity contribution >= 4 is 21.7 Å². The molecule has 0 spiro atoms. The van der Waals surface area contributed by atoms with Gasteiger partial charge in [-0.25, -0.2) is 9.97 Å². The summed E-state index contributed by atoms with van der Waals surface area (Å²) in [5.74, 6) is 1.35. The van der Waals surface area contributed by atoms with E-state index in [4.69, 9.17) is 4.74 Å². The summed E-state index contributed by atoms with van der Waals surface area (Å²) in [6, 6.07) is 0. The SMILES string of the molecule is CNc1ncnc(OCCN2CCCC2)c1Br. The Balaban J connectivity index is 1.85. The van der Waals surface area contributed by atoms with Gasteiger partial charge in [0, 0.05) is 13.6 Å². The zero-order valence-electron chi connectivity index (χ0n) is 9.95. The van der Waals surface area contributed by atoms with Gasteiger partial charge < -0.3 is 10.1 Å². The van der Waals surface area contributed by atoms with Gasteiger partial charge in [0.2, 0.25) is 5.88 Å². The minimum Gasteiger partial charge on any atom is -0.475 e. The molecule has 0 bridgehead atoms. The third kappa shape index (κ3) is 3.29. The summed E-state index contributed by atoms with van der Waals surface area (Å²) in [7, 11) is 1.82. The molecular formula is C11H17BrN4O. The van der Waals surface area contributed by atoms with Crippen molar-refractivity contribution in [3.05, 3.63) is 10.8 Å². The van der Waals surface area contributed by atoms with E-state index >= 15 is 0 Å². The molecule has 1 aliphatic heterocycles. The zero-order chi connectivity index (χ0) is 12.1. The first-order valence-electron chi connectivity index (χ1n) is 5.84. The fourth-order valence-electron chi connectivity index (χ4n) is 1.91. The largest absolute Gasteiger partial charge is 0.475 e. The van der Waals surface area contributed by atoms with Crippen molar-refractivity contribution in [1.82, 2.24) is 14.9 Å². The molecule has 1 aromatic rings. The minimum atomic E-state index is 0.601. The Morgan fingerprint density at radius 3 is 2.88 bits per heavy atom. The van der Waals surface area contributed by atoms with Crippen LogP contribution >= 0.6 is 15.9 Å². The van der Waals surface area contributed by atoms with Gasteiger partial charge in [-0.1, -0.05) is 0 Å². The van der Waals surface area contributed by atoms with Crippen LogP contribution in [0.3, 0.4) is 0 Å². The summed E-state index contributed by atoms with van der Waals surface area (Å²) in [4.78, 5) is 10.6. The number of nitrogens with zero attached hydrogens (tertiary/aromatic N) is 3. The van der Waals surface area contributed by atoms with Crippen molar-refractivity contribution in [2.75, 3.05) is 38.6 Å². The fraction of sp³-hybridized carbons (Fsp3) is 0.636. The molecule has 6 heteroatoms. The van der Waals surface area contributed by atoms with E-state index in [2.05, 4.69) is 36.1 Å². The van der Waals surface area contributed by atoms with Gasteiger partial charge in [-0.3, -0.25) is 4.90 Å². The second kappa shape index (κ2) is 6.16. The maximum Gasteiger partial charge on any atom is 0.233 e. The van der Waals surface area contributed by atoms with Crippen LogP contribution in [0.15, 0.2) is 10.8 Å². The Hall–Kier alpha value is -0.880. The Kier molecular flexibility index (Phi) is 4.56. The van der Waals surface area contributed by atoms with Gasteiger partial charge in [0.05, 0.1) is 0 Å². The Morgan fingerprint density at radius 2 is 2.18 bits per heavy atom. The molecular weight excluding hydrogens is 284 g/mol. The predicted octanol–water partition coefficient (Wildman–Crippen LogP) is 1.76. The van der Waals surface area contributed by atoms with Crippen LogP contribution in [0.1, 0.15) is 12.8 Å². The van der Waals surface area contributed by atoms with Crippen LogP contribution in [-0.2, 0) is 0 Å². The molecule has 0 aliphatic carbocycles. The summed E-state index contributed by atoms with van der Waals surface area (Å²) >= 11 is 3.43. The van der Waals surface area contributed by atoms with Gasteiger partial charge in [0.25, 0.3) is 0 Å². The molecule has 2 heterocycles. The highest BCUT2D eigenvalue weighted by atomic mass is 79.9. The third-order valence-corrected chi connectivity index (χ3v) is 3.55. The second-order valence-electron chi connectivity index (χ2n) is 3.99. The summed E-state index contributed by atoms with van der Waals surface area (Å²) in [5, 5.41) is 2.98. The van der Waals surface area contributed by atoms with Gasteiger partial charge >= 0.3 is 0 Å². The number of anilines is 1. The summed E-state index contributed by atoms with van der Waals surface area (Å²) in [5.41, 5.74) is 0. The lowest BCUT2D eigenvalue weighted by Crippen LogP contribution is -2.25. The third-order valence-electron chi connectivity index (χ3n) is 2.84. The first-order valence-corrected chi connectivity index (χ1v) is 6.64. The summed E-state index contributed by atoms with van der Waals surface area (Å²) in [6.45, 7) is 4.01. The van der Waals surface area contributed by atoms with E-state index in [1.807, 2.05) is 7.05 Å². The van der Waals surface area contributed by atoms with E-state index in [9.17, 15) is 0 Å². The monoisotopic (exact) mass is 300 g/mol. The minimum absolute atomic E-state index is 0.601. The van der Waals surface area contributed by atoms with Crippen molar-refractivity contribution in [2.24, 2.45) is 0 Å². The van der Waals surface area contributed by atoms with E-state index in [1.54, 1.807) is 0 Å². The van der Waals surface area contributed by atoms with E-state index in [0.29, 0.717) is 12.5 Å². The number of likely N-dealkylation sites (tertiary alicyclic amines) is 1. The topological polar surface area (TPSA) is 50.3 Å². The number of hydrogen-bond acceptors (Lipinski definition) is 5. The van der Waals surface area contributed by atoms with Crippen LogP contribution in [0.2, 0.25) is 0 Å². The van der Waals surface area contributed by atoms with Crippen LogP contribution in [-0.4, -0.2) is 48.2 Å². The van der Waals surface area contributed by atoms with Gasteiger partial charge in [0.15, 0.2) is 0 Å². The first-order chi connectivity index (χ1) is 8.31. The van der Waals surface area contributed by atoms with Crippen molar-refractivity contribution < 1.29 is 4.74 Å². The molecule has 0 amide bonds. The standard InChI is InChI=1S/C11H17BrN4O/c1-13-10-9(12)11(15-8-14-10)17-7-6-16-4-2-3-5-16/h8H,2-7H2,1H3,(H,13,14,15). The van der Waals surface area contributed by atoms with Crippen LogP contribution in [0.4, 0.5) is 5.82 Å². The average Bonchev–Trinajstić information content (AvgIpc) is 2.84. The highest BCUT2D eigenvalue weighted by molar-refractivity contribution is 9.10. The van der Waals surface area contributed by atoms with Crippen LogP contribution in [0.25, 0.3) is 0 Å². The number of halogens is 1. The van der Waals surface area contributed by atoms with Gasteiger partial charge in [-0.15, -0.1) is 0 Å². The highest BCUT2D eigenvalue weighted by Crippen LogP contribution is 2.27. The van der Waals surface area contributed by atoms with Gasteiger partial charge in [-0.2, -0.15) is 0 Å². The molecule has 1 aromatic heterocycles. The normalized spacial score (nSPS) is 16.1. The first kappa shape index (κ1) is 12.6. The molecule has 1 aliphatic rings. The molecule has 1 fully saturated rings. The van der Waals surface area contributed by atoms with Crippen LogP contribution in [0.5, 0.6) is 5.88 Å². The predicted molar refractivity (Wildman–Crippen MR) is 70.4 cm³/mol. The molecule has 0 saturated carbocycles. The molecule has 0 radical (unpaired) electrons. The molecule has 17 heavy (non-hydrogen) atoms. The zero-order valence-corrected chi connectivity index (χ0v) is 11.5. The Morgan fingerprint density at radius 1 is 1.41 bits per heavy atom. The van der Waals surface area contributed by atoms with Crippen molar-refractivity contribution in [3.8, 4) is 5.88 Å². The van der Waals surface area contributed by atoms with E-state index in [0.717, 1.165) is 16.8 Å². The number of nitrogens with one attached hydrogen (secondary N) is 1. The molecule has 1 saturated heterocycles. The maximum atomic E-state index is 5.66. The highest BCUT2D eigenvalue weighted by Gasteiger charge is 2.12. The lowest BCUT2D eigenvalue weighted by atomic mass is 10.4. The molecule has 5 nitrogen and oxygen atoms in total. The van der Waals surface area contributed by atoms with Crippen molar-refractivity contribution in [1.29, 1.82) is 0 Å².